The molecule has 0 spiro atoms. The number of ether oxygens (including phenoxy) is 2. The van der Waals surface area contributed by atoms with Crippen LogP contribution in [0.2, 0.25) is 0 Å². The second kappa shape index (κ2) is 13.8. The van der Waals surface area contributed by atoms with Gasteiger partial charge in [0.15, 0.2) is 5.96 Å². The lowest BCUT2D eigenvalue weighted by Crippen LogP contribution is -2.36. The number of methoxy groups -OCH3 is 1. The summed E-state index contributed by atoms with van der Waals surface area (Å²) >= 11 is 1.69. The van der Waals surface area contributed by atoms with Gasteiger partial charge in [-0.15, -0.1) is 24.0 Å². The maximum atomic E-state index is 5.95. The third-order valence-corrected chi connectivity index (χ3v) is 4.50. The Kier molecular flexibility index (Phi) is 12.1. The molecule has 0 bridgehead atoms. The van der Waals surface area contributed by atoms with Crippen LogP contribution >= 0.6 is 35.3 Å². The van der Waals surface area contributed by atoms with Gasteiger partial charge < -0.3 is 20.1 Å². The van der Waals surface area contributed by atoms with E-state index in [1.54, 1.807) is 18.4 Å². The Morgan fingerprint density at radius 1 is 1.19 bits per heavy atom. The maximum absolute atomic E-state index is 5.95. The van der Waals surface area contributed by atoms with Crippen LogP contribution in [0.15, 0.2) is 40.0 Å². The van der Waals surface area contributed by atoms with Crippen molar-refractivity contribution >= 4 is 41.3 Å². The molecule has 2 aromatic rings. The van der Waals surface area contributed by atoms with Gasteiger partial charge in [-0.25, -0.2) is 4.99 Å². The van der Waals surface area contributed by atoms with Gasteiger partial charge >= 0.3 is 0 Å². The molecule has 0 unspecified atom stereocenters. The number of guanidine groups is 1. The first-order valence-corrected chi connectivity index (χ1v) is 9.91. The molecule has 0 aliphatic rings. The Morgan fingerprint density at radius 2 is 2.04 bits per heavy atom. The van der Waals surface area contributed by atoms with Gasteiger partial charge in [0.2, 0.25) is 0 Å². The van der Waals surface area contributed by atoms with E-state index in [1.165, 1.54) is 11.1 Å². The van der Waals surface area contributed by atoms with Gasteiger partial charge in [0.05, 0.1) is 13.2 Å². The third kappa shape index (κ3) is 8.94. The Morgan fingerprint density at radius 3 is 2.74 bits per heavy atom. The first-order valence-electron chi connectivity index (χ1n) is 8.97. The fourth-order valence-electron chi connectivity index (χ4n) is 2.40. The van der Waals surface area contributed by atoms with Gasteiger partial charge in [-0.2, -0.15) is 11.3 Å². The number of benzene rings is 1. The Hall–Kier alpha value is -1.32. The van der Waals surface area contributed by atoms with Crippen LogP contribution in [0, 0.1) is 6.92 Å². The minimum absolute atomic E-state index is 0. The van der Waals surface area contributed by atoms with Crippen molar-refractivity contribution in [3.8, 4) is 5.75 Å². The molecule has 1 heterocycles. The number of halogens is 1. The van der Waals surface area contributed by atoms with E-state index in [-0.39, 0.29) is 24.0 Å². The minimum Gasteiger partial charge on any atom is -0.493 e. The molecule has 7 heteroatoms. The normalized spacial score (nSPS) is 11.0. The van der Waals surface area contributed by atoms with Crippen LogP contribution in [0.5, 0.6) is 5.75 Å². The number of aryl methyl sites for hydroxylation is 1. The average Bonchev–Trinajstić information content (AvgIpc) is 3.16. The first-order chi connectivity index (χ1) is 12.7. The van der Waals surface area contributed by atoms with Crippen molar-refractivity contribution in [2.24, 2.45) is 4.99 Å². The Labute approximate surface area is 183 Å². The summed E-state index contributed by atoms with van der Waals surface area (Å²) in [4.78, 5) is 4.65. The second-order valence-electron chi connectivity index (χ2n) is 5.99. The molecular formula is C20H30IN3O2S. The molecule has 0 saturated heterocycles. The zero-order valence-electron chi connectivity index (χ0n) is 16.3. The lowest BCUT2D eigenvalue weighted by Gasteiger charge is -2.15. The molecule has 0 aliphatic heterocycles. The quantitative estimate of drug-likeness (QED) is 0.219. The van der Waals surface area contributed by atoms with Gasteiger partial charge in [-0.05, 0) is 47.9 Å². The fraction of sp³-hybridized carbons (Fsp3) is 0.450. The van der Waals surface area contributed by atoms with Crippen LogP contribution in [-0.2, 0) is 17.8 Å². The number of hydrogen-bond donors (Lipinski definition) is 2. The van der Waals surface area contributed by atoms with Crippen molar-refractivity contribution in [3.63, 3.8) is 0 Å². The van der Waals surface area contributed by atoms with E-state index in [9.17, 15) is 0 Å². The van der Waals surface area contributed by atoms with Gasteiger partial charge in [-0.3, -0.25) is 0 Å². The molecule has 0 fully saturated rings. The molecule has 0 atom stereocenters. The zero-order chi connectivity index (χ0) is 18.6. The highest BCUT2D eigenvalue weighted by molar-refractivity contribution is 14.0. The Bertz CT molecular complexity index is 678. The number of aliphatic imine (C=N–C) groups is 1. The molecule has 2 rings (SSSR count). The molecule has 2 N–H and O–H groups in total. The number of thiophene rings is 1. The molecule has 0 amide bonds. The predicted octanol–water partition coefficient (Wildman–Crippen LogP) is 4.35. The van der Waals surface area contributed by atoms with Crippen LogP contribution in [0.25, 0.3) is 0 Å². The SMILES string of the molecule is CCNC(=NCc1ccsc1)NCc1ccc(C)cc1OCCCOC.I. The Balaban J connectivity index is 0.00000364. The van der Waals surface area contributed by atoms with Crippen LogP contribution in [0.3, 0.4) is 0 Å². The maximum Gasteiger partial charge on any atom is 0.191 e. The summed E-state index contributed by atoms with van der Waals surface area (Å²) in [5, 5.41) is 10.9. The molecule has 0 aliphatic carbocycles. The summed E-state index contributed by atoms with van der Waals surface area (Å²) in [6, 6.07) is 8.40. The van der Waals surface area contributed by atoms with Crippen molar-refractivity contribution < 1.29 is 9.47 Å². The van der Waals surface area contributed by atoms with Crippen molar-refractivity contribution in [1.29, 1.82) is 0 Å². The summed E-state index contributed by atoms with van der Waals surface area (Å²) in [6.45, 7) is 7.66. The van der Waals surface area contributed by atoms with Gasteiger partial charge in [-0.1, -0.05) is 12.1 Å². The van der Waals surface area contributed by atoms with Crippen LogP contribution < -0.4 is 15.4 Å². The highest BCUT2D eigenvalue weighted by Crippen LogP contribution is 2.20. The molecule has 1 aromatic carbocycles. The van der Waals surface area contributed by atoms with Crippen molar-refractivity contribution in [1.82, 2.24) is 10.6 Å². The summed E-state index contributed by atoms with van der Waals surface area (Å²) < 4.78 is 11.0. The lowest BCUT2D eigenvalue weighted by atomic mass is 10.1. The topological polar surface area (TPSA) is 54.9 Å². The number of hydrogen-bond acceptors (Lipinski definition) is 4. The summed E-state index contributed by atoms with van der Waals surface area (Å²) in [5.74, 6) is 1.73. The van der Waals surface area contributed by atoms with E-state index in [1.807, 2.05) is 0 Å². The summed E-state index contributed by atoms with van der Waals surface area (Å²) in [7, 11) is 1.71. The number of nitrogens with zero attached hydrogens (tertiary/aromatic N) is 1. The second-order valence-corrected chi connectivity index (χ2v) is 6.77. The van der Waals surface area contributed by atoms with Gasteiger partial charge in [0.25, 0.3) is 0 Å². The molecular weight excluding hydrogens is 473 g/mol. The molecule has 1 aromatic heterocycles. The first kappa shape index (κ1) is 23.7. The van der Waals surface area contributed by atoms with E-state index in [2.05, 4.69) is 64.5 Å². The van der Waals surface area contributed by atoms with E-state index >= 15 is 0 Å². The molecule has 27 heavy (non-hydrogen) atoms. The fourth-order valence-corrected chi connectivity index (χ4v) is 3.06. The van der Waals surface area contributed by atoms with E-state index in [0.29, 0.717) is 26.3 Å². The van der Waals surface area contributed by atoms with E-state index in [0.717, 1.165) is 30.2 Å². The molecule has 0 saturated carbocycles. The largest absolute Gasteiger partial charge is 0.493 e. The third-order valence-electron chi connectivity index (χ3n) is 3.76. The van der Waals surface area contributed by atoms with Gasteiger partial charge in [0, 0.05) is 38.8 Å². The number of rotatable bonds is 10. The molecule has 5 nitrogen and oxygen atoms in total. The zero-order valence-corrected chi connectivity index (χ0v) is 19.4. The predicted molar refractivity (Wildman–Crippen MR) is 125 cm³/mol. The standard InChI is InChI=1S/C20H29N3O2S.HI/c1-4-21-20(22-13-17-8-11-26-15-17)23-14-18-7-6-16(2)12-19(18)25-10-5-9-24-3;/h6-8,11-12,15H,4-5,9-10,13-14H2,1-3H3,(H2,21,22,23);1H. The van der Waals surface area contributed by atoms with Crippen molar-refractivity contribution in [3.05, 3.63) is 51.7 Å². The average molecular weight is 503 g/mol. The smallest absolute Gasteiger partial charge is 0.191 e. The van der Waals surface area contributed by atoms with Gasteiger partial charge in [0.1, 0.15) is 5.75 Å². The monoisotopic (exact) mass is 503 g/mol. The van der Waals surface area contributed by atoms with E-state index < -0.39 is 0 Å². The van der Waals surface area contributed by atoms with Crippen LogP contribution in [-0.4, -0.2) is 32.8 Å². The summed E-state index contributed by atoms with van der Waals surface area (Å²) in [5.41, 5.74) is 3.53. The lowest BCUT2D eigenvalue weighted by molar-refractivity contribution is 0.172. The molecule has 150 valence electrons. The van der Waals surface area contributed by atoms with Crippen molar-refractivity contribution in [2.75, 3.05) is 26.9 Å². The highest BCUT2D eigenvalue weighted by atomic mass is 127. The van der Waals surface area contributed by atoms with Crippen LogP contribution in [0.1, 0.15) is 30.0 Å². The summed E-state index contributed by atoms with van der Waals surface area (Å²) in [6.07, 6.45) is 0.877. The van der Waals surface area contributed by atoms with Crippen molar-refractivity contribution in [2.45, 2.75) is 33.4 Å². The van der Waals surface area contributed by atoms with Crippen LogP contribution in [0.4, 0.5) is 0 Å². The highest BCUT2D eigenvalue weighted by Gasteiger charge is 2.06. The van der Waals surface area contributed by atoms with E-state index in [4.69, 9.17) is 9.47 Å². The minimum atomic E-state index is 0. The molecule has 0 radical (unpaired) electrons. The number of nitrogens with one attached hydrogen (secondary N) is 2.